The van der Waals surface area contributed by atoms with Crippen LogP contribution >= 0.6 is 0 Å². The highest BCUT2D eigenvalue weighted by Crippen LogP contribution is 2.31. The molecule has 0 N–H and O–H groups in total. The minimum Gasteiger partial charge on any atom is -0.255 e. The molecule has 3 nitrogen and oxygen atoms in total. The Bertz CT molecular complexity index is 1310. The van der Waals surface area contributed by atoms with E-state index in [1.54, 1.807) is 12.4 Å². The van der Waals surface area contributed by atoms with E-state index >= 15 is 0 Å². The molecule has 0 saturated heterocycles. The number of hydrogen-bond donors (Lipinski definition) is 0. The van der Waals surface area contributed by atoms with Gasteiger partial charge in [0.1, 0.15) is 11.6 Å². The third-order valence-corrected chi connectivity index (χ3v) is 5.14. The van der Waals surface area contributed by atoms with E-state index in [2.05, 4.69) is 9.97 Å². The molecular formula is C27H17F2N3. The molecule has 0 saturated carbocycles. The van der Waals surface area contributed by atoms with Crippen LogP contribution in [0, 0.1) is 11.6 Å². The highest BCUT2D eigenvalue weighted by Gasteiger charge is 2.11. The minimum atomic E-state index is -0.594. The van der Waals surface area contributed by atoms with Gasteiger partial charge in [0.25, 0.3) is 0 Å². The van der Waals surface area contributed by atoms with Crippen LogP contribution in [-0.4, -0.2) is 15.0 Å². The van der Waals surface area contributed by atoms with E-state index in [0.717, 1.165) is 40.0 Å². The predicted octanol–water partition coefficient (Wildman–Crippen LogP) is 6.82. The number of rotatable bonds is 4. The van der Waals surface area contributed by atoms with Gasteiger partial charge in [0.15, 0.2) is 0 Å². The highest BCUT2D eigenvalue weighted by molar-refractivity contribution is 5.76. The molecule has 0 aliphatic carbocycles. The Kier molecular flexibility index (Phi) is 5.22. The Morgan fingerprint density at radius 2 is 1.09 bits per heavy atom. The molecule has 32 heavy (non-hydrogen) atoms. The average Bonchev–Trinajstić information content (AvgIpc) is 2.85. The molecule has 3 heterocycles. The van der Waals surface area contributed by atoms with Gasteiger partial charge in [-0.2, -0.15) is 0 Å². The van der Waals surface area contributed by atoms with Crippen molar-refractivity contribution < 1.29 is 8.78 Å². The Balaban J connectivity index is 1.59. The SMILES string of the molecule is Fc1ccc(-c2ccc(-c3cc(-c4ccccn4)nc(-c4ccccn4)c3)cc2)c(F)c1. The molecular weight excluding hydrogens is 404 g/mol. The summed E-state index contributed by atoms with van der Waals surface area (Å²) in [5, 5.41) is 0. The van der Waals surface area contributed by atoms with E-state index in [9.17, 15) is 8.78 Å². The Morgan fingerprint density at radius 3 is 1.62 bits per heavy atom. The highest BCUT2D eigenvalue weighted by atomic mass is 19.1. The Hall–Kier alpha value is -4.25. The molecule has 154 valence electrons. The van der Waals surface area contributed by atoms with Crippen molar-refractivity contribution in [2.24, 2.45) is 0 Å². The van der Waals surface area contributed by atoms with Gasteiger partial charge in [0, 0.05) is 24.0 Å². The van der Waals surface area contributed by atoms with Crippen LogP contribution in [0.5, 0.6) is 0 Å². The zero-order valence-corrected chi connectivity index (χ0v) is 16.9. The molecule has 0 spiro atoms. The third kappa shape index (κ3) is 4.01. The quantitative estimate of drug-likeness (QED) is 0.320. The fourth-order valence-corrected chi connectivity index (χ4v) is 3.55. The van der Waals surface area contributed by atoms with Crippen molar-refractivity contribution in [1.82, 2.24) is 15.0 Å². The predicted molar refractivity (Wildman–Crippen MR) is 121 cm³/mol. The van der Waals surface area contributed by atoms with Crippen molar-refractivity contribution in [3.8, 4) is 45.0 Å². The summed E-state index contributed by atoms with van der Waals surface area (Å²) >= 11 is 0. The van der Waals surface area contributed by atoms with E-state index < -0.39 is 11.6 Å². The maximum atomic E-state index is 14.2. The lowest BCUT2D eigenvalue weighted by Crippen LogP contribution is -1.94. The van der Waals surface area contributed by atoms with Crippen LogP contribution in [0.2, 0.25) is 0 Å². The van der Waals surface area contributed by atoms with Gasteiger partial charge in [0.2, 0.25) is 0 Å². The number of benzene rings is 2. The second kappa shape index (κ2) is 8.47. The standard InChI is InChI=1S/C27H17F2N3/c28-21-11-12-22(23(29)17-21)19-9-7-18(8-10-19)20-15-26(24-5-1-3-13-30-24)32-27(16-20)25-6-2-4-14-31-25/h1-17H. The number of nitrogens with zero attached hydrogens (tertiary/aromatic N) is 3. The van der Waals surface area contributed by atoms with E-state index in [0.29, 0.717) is 11.1 Å². The minimum absolute atomic E-state index is 0.357. The maximum Gasteiger partial charge on any atom is 0.133 e. The van der Waals surface area contributed by atoms with Crippen LogP contribution in [0.25, 0.3) is 45.0 Å². The summed E-state index contributed by atoms with van der Waals surface area (Å²) in [6, 6.07) is 26.4. The van der Waals surface area contributed by atoms with Gasteiger partial charge in [-0.05, 0) is 65.2 Å². The monoisotopic (exact) mass is 421 g/mol. The second-order valence-corrected chi connectivity index (χ2v) is 7.26. The van der Waals surface area contributed by atoms with E-state index in [1.165, 1.54) is 12.1 Å². The molecule has 0 unspecified atom stereocenters. The summed E-state index contributed by atoms with van der Waals surface area (Å²) in [6.45, 7) is 0. The molecule has 0 atom stereocenters. The molecule has 0 bridgehead atoms. The van der Waals surface area contributed by atoms with Crippen LogP contribution in [0.1, 0.15) is 0 Å². The molecule has 5 rings (SSSR count). The number of pyridine rings is 3. The van der Waals surface area contributed by atoms with Gasteiger partial charge in [0.05, 0.1) is 22.8 Å². The topological polar surface area (TPSA) is 38.7 Å². The van der Waals surface area contributed by atoms with Gasteiger partial charge in [-0.1, -0.05) is 36.4 Å². The number of hydrogen-bond acceptors (Lipinski definition) is 3. The van der Waals surface area contributed by atoms with Gasteiger partial charge in [-0.25, -0.2) is 13.8 Å². The van der Waals surface area contributed by atoms with E-state index in [-0.39, 0.29) is 0 Å². The average molecular weight is 421 g/mol. The van der Waals surface area contributed by atoms with Crippen molar-refractivity contribution in [2.75, 3.05) is 0 Å². The van der Waals surface area contributed by atoms with Crippen molar-refractivity contribution in [3.05, 3.63) is 115 Å². The fraction of sp³-hybridized carbons (Fsp3) is 0. The second-order valence-electron chi connectivity index (χ2n) is 7.26. The van der Waals surface area contributed by atoms with Gasteiger partial charge < -0.3 is 0 Å². The lowest BCUT2D eigenvalue weighted by molar-refractivity contribution is 0.585. The molecule has 0 aliphatic rings. The Morgan fingerprint density at radius 1 is 0.500 bits per heavy atom. The zero-order chi connectivity index (χ0) is 21.9. The lowest BCUT2D eigenvalue weighted by Gasteiger charge is -2.10. The molecule has 0 radical (unpaired) electrons. The first-order valence-corrected chi connectivity index (χ1v) is 10.1. The number of halogens is 2. The van der Waals surface area contributed by atoms with Crippen molar-refractivity contribution in [3.63, 3.8) is 0 Å². The van der Waals surface area contributed by atoms with Crippen molar-refractivity contribution in [2.45, 2.75) is 0 Å². The summed E-state index contributed by atoms with van der Waals surface area (Å²) in [7, 11) is 0. The molecule has 0 amide bonds. The normalized spacial score (nSPS) is 10.8. The summed E-state index contributed by atoms with van der Waals surface area (Å²) in [6.07, 6.45) is 3.46. The molecule has 5 aromatic rings. The zero-order valence-electron chi connectivity index (χ0n) is 16.9. The molecule has 3 aromatic heterocycles. The molecule has 2 aromatic carbocycles. The lowest BCUT2D eigenvalue weighted by atomic mass is 9.98. The van der Waals surface area contributed by atoms with Crippen LogP contribution in [0.3, 0.4) is 0 Å². The third-order valence-electron chi connectivity index (χ3n) is 5.14. The van der Waals surface area contributed by atoms with Crippen LogP contribution in [0.15, 0.2) is 103 Å². The first-order chi connectivity index (χ1) is 15.7. The molecule has 0 fully saturated rings. The summed E-state index contributed by atoms with van der Waals surface area (Å²) < 4.78 is 27.4. The largest absolute Gasteiger partial charge is 0.255 e. The van der Waals surface area contributed by atoms with Crippen molar-refractivity contribution >= 4 is 0 Å². The summed E-state index contributed by atoms with van der Waals surface area (Å²) in [5.41, 5.74) is 5.90. The van der Waals surface area contributed by atoms with Gasteiger partial charge in [-0.15, -0.1) is 0 Å². The van der Waals surface area contributed by atoms with Crippen molar-refractivity contribution in [1.29, 1.82) is 0 Å². The van der Waals surface area contributed by atoms with E-state index in [4.69, 9.17) is 4.98 Å². The summed E-state index contributed by atoms with van der Waals surface area (Å²) in [4.78, 5) is 13.6. The Labute approximate surface area is 184 Å². The van der Waals surface area contributed by atoms with Crippen LogP contribution in [-0.2, 0) is 0 Å². The number of aromatic nitrogens is 3. The van der Waals surface area contributed by atoms with Crippen LogP contribution < -0.4 is 0 Å². The van der Waals surface area contributed by atoms with Crippen LogP contribution in [0.4, 0.5) is 8.78 Å². The smallest absolute Gasteiger partial charge is 0.133 e. The fourth-order valence-electron chi connectivity index (χ4n) is 3.55. The first kappa shape index (κ1) is 19.7. The van der Waals surface area contributed by atoms with E-state index in [1.807, 2.05) is 72.8 Å². The summed E-state index contributed by atoms with van der Waals surface area (Å²) in [5.74, 6) is -1.18. The molecule has 0 aliphatic heterocycles. The van der Waals surface area contributed by atoms with Gasteiger partial charge >= 0.3 is 0 Å². The first-order valence-electron chi connectivity index (χ1n) is 10.1. The van der Waals surface area contributed by atoms with Gasteiger partial charge in [-0.3, -0.25) is 9.97 Å². The maximum absolute atomic E-state index is 14.2. The molecule has 5 heteroatoms.